The maximum absolute atomic E-state index is 12.0. The molecule has 0 saturated heterocycles. The van der Waals surface area contributed by atoms with Crippen LogP contribution in [0.25, 0.3) is 0 Å². The number of aromatic nitrogens is 1. The molecule has 0 aliphatic rings. The quantitative estimate of drug-likeness (QED) is 0.883. The van der Waals surface area contributed by atoms with Gasteiger partial charge in [-0.2, -0.15) is 0 Å². The first-order valence-electron chi connectivity index (χ1n) is 5.64. The van der Waals surface area contributed by atoms with Crippen LogP contribution in [0.15, 0.2) is 42.6 Å². The lowest BCUT2D eigenvalue weighted by Crippen LogP contribution is -2.13. The summed E-state index contributed by atoms with van der Waals surface area (Å²) in [7, 11) is 0. The summed E-state index contributed by atoms with van der Waals surface area (Å²) in [4.78, 5) is 26.7. The number of pyridine rings is 1. The third kappa shape index (κ3) is 2.95. The molecule has 5 nitrogen and oxygen atoms in total. The Labute approximate surface area is 109 Å². The van der Waals surface area contributed by atoms with Gasteiger partial charge in [-0.25, -0.2) is 4.79 Å². The van der Waals surface area contributed by atoms with Crippen LogP contribution in [0.1, 0.15) is 26.4 Å². The van der Waals surface area contributed by atoms with Crippen LogP contribution in [0.3, 0.4) is 0 Å². The van der Waals surface area contributed by atoms with Crippen molar-refractivity contribution in [1.82, 2.24) is 4.98 Å². The van der Waals surface area contributed by atoms with Gasteiger partial charge >= 0.3 is 5.97 Å². The number of carboxylic acids is 1. The second-order valence-corrected chi connectivity index (χ2v) is 3.97. The van der Waals surface area contributed by atoms with Crippen LogP contribution in [0.5, 0.6) is 0 Å². The van der Waals surface area contributed by atoms with Gasteiger partial charge in [0.1, 0.15) is 0 Å². The van der Waals surface area contributed by atoms with Crippen molar-refractivity contribution in [3.05, 3.63) is 59.4 Å². The van der Waals surface area contributed by atoms with Crippen LogP contribution in [-0.4, -0.2) is 22.0 Å². The fraction of sp³-hybridized carbons (Fsp3) is 0.0714. The van der Waals surface area contributed by atoms with Gasteiger partial charge in [0.15, 0.2) is 0 Å². The van der Waals surface area contributed by atoms with Crippen LogP contribution in [0.4, 0.5) is 5.69 Å². The smallest absolute Gasteiger partial charge is 0.335 e. The minimum Gasteiger partial charge on any atom is -0.478 e. The summed E-state index contributed by atoms with van der Waals surface area (Å²) in [5.41, 5.74) is 1.90. The van der Waals surface area contributed by atoms with Crippen LogP contribution < -0.4 is 5.32 Å². The number of benzene rings is 1. The number of rotatable bonds is 3. The van der Waals surface area contributed by atoms with E-state index in [4.69, 9.17) is 5.11 Å². The van der Waals surface area contributed by atoms with Crippen molar-refractivity contribution in [2.24, 2.45) is 0 Å². The molecule has 2 N–H and O–H groups in total. The maximum atomic E-state index is 12.0. The van der Waals surface area contributed by atoms with E-state index in [0.29, 0.717) is 11.3 Å². The standard InChI is InChI=1S/C14H12N2O3/c1-9-12(3-2-8-15-9)16-13(17)10-4-6-11(7-5-10)14(18)19/h2-8H,1H3,(H,16,17)(H,18,19). The maximum Gasteiger partial charge on any atom is 0.335 e. The Hall–Kier alpha value is -2.69. The molecule has 19 heavy (non-hydrogen) atoms. The van der Waals surface area contributed by atoms with Crippen molar-refractivity contribution < 1.29 is 14.7 Å². The lowest BCUT2D eigenvalue weighted by Gasteiger charge is -2.07. The minimum atomic E-state index is -1.02. The van der Waals surface area contributed by atoms with E-state index >= 15 is 0 Å². The molecule has 2 rings (SSSR count). The molecule has 0 aliphatic carbocycles. The number of nitrogens with zero attached hydrogens (tertiary/aromatic N) is 1. The molecule has 5 heteroatoms. The average Bonchev–Trinajstić information content (AvgIpc) is 2.41. The lowest BCUT2D eigenvalue weighted by atomic mass is 10.1. The number of hydrogen-bond acceptors (Lipinski definition) is 3. The molecule has 1 amide bonds. The highest BCUT2D eigenvalue weighted by Crippen LogP contribution is 2.13. The molecule has 1 aromatic carbocycles. The average molecular weight is 256 g/mol. The fourth-order valence-corrected chi connectivity index (χ4v) is 1.58. The first kappa shape index (κ1) is 12.8. The largest absolute Gasteiger partial charge is 0.478 e. The molecule has 1 aromatic heterocycles. The number of amides is 1. The summed E-state index contributed by atoms with van der Waals surface area (Å²) in [6, 6.07) is 9.23. The number of aromatic carboxylic acids is 1. The molecule has 0 aliphatic heterocycles. The summed E-state index contributed by atoms with van der Waals surface area (Å²) in [6.07, 6.45) is 1.65. The summed E-state index contributed by atoms with van der Waals surface area (Å²) in [5.74, 6) is -1.32. The molecule has 0 fully saturated rings. The Morgan fingerprint density at radius 1 is 1.11 bits per heavy atom. The minimum absolute atomic E-state index is 0.147. The first-order valence-corrected chi connectivity index (χ1v) is 5.64. The van der Waals surface area contributed by atoms with Crippen LogP contribution in [0, 0.1) is 6.92 Å². The molecule has 0 spiro atoms. The molecule has 1 heterocycles. The fourth-order valence-electron chi connectivity index (χ4n) is 1.58. The number of aryl methyl sites for hydroxylation is 1. The summed E-state index contributed by atoms with van der Waals surface area (Å²) < 4.78 is 0. The molecule has 96 valence electrons. The highest BCUT2D eigenvalue weighted by molar-refractivity contribution is 6.05. The van der Waals surface area contributed by atoms with Crippen molar-refractivity contribution in [1.29, 1.82) is 0 Å². The summed E-state index contributed by atoms with van der Waals surface area (Å²) in [6.45, 7) is 1.79. The molecular weight excluding hydrogens is 244 g/mol. The van der Waals surface area contributed by atoms with E-state index in [1.54, 1.807) is 25.3 Å². The van der Waals surface area contributed by atoms with Gasteiger partial charge in [0, 0.05) is 11.8 Å². The molecule has 2 aromatic rings. The van der Waals surface area contributed by atoms with Crippen molar-refractivity contribution >= 4 is 17.6 Å². The van der Waals surface area contributed by atoms with E-state index in [9.17, 15) is 9.59 Å². The predicted octanol–water partition coefficient (Wildman–Crippen LogP) is 2.34. The van der Waals surface area contributed by atoms with Gasteiger partial charge in [-0.3, -0.25) is 9.78 Å². The third-order valence-corrected chi connectivity index (χ3v) is 2.65. The number of anilines is 1. The topological polar surface area (TPSA) is 79.3 Å². The number of carboxylic acid groups (broad SMARTS) is 1. The molecule has 0 unspecified atom stereocenters. The Bertz CT molecular complexity index is 621. The molecule has 0 radical (unpaired) electrons. The van der Waals surface area contributed by atoms with Gasteiger partial charge in [0.2, 0.25) is 0 Å². The van der Waals surface area contributed by atoms with Gasteiger partial charge in [0.25, 0.3) is 5.91 Å². The van der Waals surface area contributed by atoms with Gasteiger partial charge in [0.05, 0.1) is 16.9 Å². The Kier molecular flexibility index (Phi) is 3.56. The summed E-state index contributed by atoms with van der Waals surface area (Å²) in [5, 5.41) is 11.5. The van der Waals surface area contributed by atoms with Crippen LogP contribution in [0.2, 0.25) is 0 Å². The number of carbonyl (C=O) groups excluding carboxylic acids is 1. The first-order chi connectivity index (χ1) is 9.08. The van der Waals surface area contributed by atoms with Crippen LogP contribution >= 0.6 is 0 Å². The summed E-state index contributed by atoms with van der Waals surface area (Å²) >= 11 is 0. The number of hydrogen-bond donors (Lipinski definition) is 2. The van der Waals surface area contributed by atoms with E-state index < -0.39 is 5.97 Å². The second-order valence-electron chi connectivity index (χ2n) is 3.97. The van der Waals surface area contributed by atoms with Crippen molar-refractivity contribution in [3.8, 4) is 0 Å². The predicted molar refractivity (Wildman–Crippen MR) is 70.3 cm³/mol. The molecule has 0 bridgehead atoms. The lowest BCUT2D eigenvalue weighted by molar-refractivity contribution is 0.0696. The van der Waals surface area contributed by atoms with Gasteiger partial charge < -0.3 is 10.4 Å². The van der Waals surface area contributed by atoms with Gasteiger partial charge in [-0.05, 0) is 43.3 Å². The van der Waals surface area contributed by atoms with E-state index in [-0.39, 0.29) is 11.5 Å². The van der Waals surface area contributed by atoms with Crippen LogP contribution in [-0.2, 0) is 0 Å². The van der Waals surface area contributed by atoms with E-state index in [1.165, 1.54) is 24.3 Å². The van der Waals surface area contributed by atoms with E-state index in [2.05, 4.69) is 10.3 Å². The number of carbonyl (C=O) groups is 2. The monoisotopic (exact) mass is 256 g/mol. The SMILES string of the molecule is Cc1ncccc1NC(=O)c1ccc(C(=O)O)cc1. The Balaban J connectivity index is 2.16. The Morgan fingerprint density at radius 2 is 1.74 bits per heavy atom. The van der Waals surface area contributed by atoms with Gasteiger partial charge in [-0.1, -0.05) is 0 Å². The van der Waals surface area contributed by atoms with Crippen molar-refractivity contribution in [2.75, 3.05) is 5.32 Å². The second kappa shape index (κ2) is 5.30. The van der Waals surface area contributed by atoms with E-state index in [1.807, 2.05) is 0 Å². The highest BCUT2D eigenvalue weighted by Gasteiger charge is 2.09. The van der Waals surface area contributed by atoms with Crippen molar-refractivity contribution in [3.63, 3.8) is 0 Å². The third-order valence-electron chi connectivity index (χ3n) is 2.65. The molecule has 0 saturated carbocycles. The zero-order chi connectivity index (χ0) is 13.8. The normalized spacial score (nSPS) is 9.95. The van der Waals surface area contributed by atoms with Gasteiger partial charge in [-0.15, -0.1) is 0 Å². The Morgan fingerprint density at radius 3 is 2.32 bits per heavy atom. The molecular formula is C14H12N2O3. The highest BCUT2D eigenvalue weighted by atomic mass is 16.4. The van der Waals surface area contributed by atoms with E-state index in [0.717, 1.165) is 5.69 Å². The zero-order valence-corrected chi connectivity index (χ0v) is 10.3. The number of nitrogens with one attached hydrogen (secondary N) is 1. The molecule has 0 atom stereocenters. The zero-order valence-electron chi connectivity index (χ0n) is 10.3. The van der Waals surface area contributed by atoms with Crippen molar-refractivity contribution in [2.45, 2.75) is 6.92 Å².